The lowest BCUT2D eigenvalue weighted by Crippen LogP contribution is -2.41. The van der Waals surface area contributed by atoms with Crippen molar-refractivity contribution in [2.45, 2.75) is 102 Å². The van der Waals surface area contributed by atoms with Crippen molar-refractivity contribution in [2.24, 2.45) is 23.7 Å². The average Bonchev–Trinajstić information content (AvgIpc) is 2.85. The summed E-state index contributed by atoms with van der Waals surface area (Å²) in [5.41, 5.74) is 0.888. The Balaban J connectivity index is 1.36. The molecule has 0 saturated heterocycles. The zero-order chi connectivity index (χ0) is 25.3. The molecule has 198 valence electrons. The van der Waals surface area contributed by atoms with Crippen molar-refractivity contribution in [3.63, 3.8) is 0 Å². The van der Waals surface area contributed by atoms with E-state index in [0.717, 1.165) is 23.3 Å². The molecule has 0 atom stereocenters. The molecule has 2 aliphatic carbocycles. The van der Waals surface area contributed by atoms with Crippen LogP contribution in [0.1, 0.15) is 96.0 Å². The lowest BCUT2D eigenvalue weighted by molar-refractivity contribution is -0.290. The summed E-state index contributed by atoms with van der Waals surface area (Å²) >= 11 is 0. The van der Waals surface area contributed by atoms with E-state index in [4.69, 9.17) is 0 Å². The average molecular weight is 501 g/mol. The van der Waals surface area contributed by atoms with E-state index in [1.807, 2.05) is 6.08 Å². The zero-order valence-electron chi connectivity index (χ0n) is 21.0. The largest absolute Gasteiger partial charge is 0.487 e. The first-order valence-corrected chi connectivity index (χ1v) is 13.5. The highest BCUT2D eigenvalue weighted by Gasteiger charge is 2.58. The number of hydrogen-bond donors (Lipinski definition) is 0. The maximum absolute atomic E-state index is 13.0. The van der Waals surface area contributed by atoms with Gasteiger partial charge in [-0.3, -0.25) is 0 Å². The number of alkyl halides is 5. The lowest BCUT2D eigenvalue weighted by atomic mass is 9.68. The van der Waals surface area contributed by atoms with Gasteiger partial charge in [-0.1, -0.05) is 76.2 Å². The van der Waals surface area contributed by atoms with Crippen LogP contribution in [0.4, 0.5) is 22.0 Å². The third-order valence-corrected chi connectivity index (χ3v) is 8.12. The van der Waals surface area contributed by atoms with Gasteiger partial charge >= 0.3 is 12.1 Å². The minimum Gasteiger partial charge on any atom is -0.487 e. The first-order chi connectivity index (χ1) is 16.7. The van der Waals surface area contributed by atoms with Crippen LogP contribution in [0.5, 0.6) is 5.75 Å². The Labute approximate surface area is 207 Å². The highest BCUT2D eigenvalue weighted by molar-refractivity contribution is 5.50. The molecular formula is C29H41F5O. The molecule has 0 amide bonds. The van der Waals surface area contributed by atoms with Crippen LogP contribution in [0.2, 0.25) is 0 Å². The minimum atomic E-state index is -5.61. The van der Waals surface area contributed by atoms with Crippen molar-refractivity contribution in [3.05, 3.63) is 35.9 Å². The van der Waals surface area contributed by atoms with Gasteiger partial charge in [-0.2, -0.15) is 22.0 Å². The molecule has 2 saturated carbocycles. The Hall–Kier alpha value is -1.59. The topological polar surface area (TPSA) is 9.23 Å². The fourth-order valence-electron chi connectivity index (χ4n) is 5.80. The fourth-order valence-corrected chi connectivity index (χ4v) is 5.80. The van der Waals surface area contributed by atoms with E-state index in [-0.39, 0.29) is 5.75 Å². The summed E-state index contributed by atoms with van der Waals surface area (Å²) < 4.78 is 67.4. The van der Waals surface area contributed by atoms with Crippen molar-refractivity contribution in [1.82, 2.24) is 0 Å². The van der Waals surface area contributed by atoms with Gasteiger partial charge < -0.3 is 4.74 Å². The summed E-state index contributed by atoms with van der Waals surface area (Å²) in [5, 5.41) is 0. The number of ether oxygens (including phenoxy) is 1. The van der Waals surface area contributed by atoms with Gasteiger partial charge in [0.05, 0.1) is 0 Å². The Morgan fingerprint density at radius 2 is 1.40 bits per heavy atom. The van der Waals surface area contributed by atoms with E-state index in [2.05, 4.69) is 17.7 Å². The second-order valence-electron chi connectivity index (χ2n) is 10.7. The SMILES string of the molecule is CCCCCC[C@H]1CC[C@H]([C@H]2CC[C@H](C=Cc3ccc(OCC(F)(F)C(F)(F)F)cc3)CC2)CC1. The van der Waals surface area contributed by atoms with Gasteiger partial charge in [0, 0.05) is 0 Å². The number of unbranched alkanes of at least 4 members (excludes halogenated alkanes) is 3. The fraction of sp³-hybridized carbons (Fsp3) is 0.724. The van der Waals surface area contributed by atoms with Gasteiger partial charge in [0.15, 0.2) is 6.61 Å². The number of allylic oxidation sites excluding steroid dienone is 1. The molecule has 0 aliphatic heterocycles. The Kier molecular flexibility index (Phi) is 10.5. The zero-order valence-corrected chi connectivity index (χ0v) is 21.0. The second-order valence-corrected chi connectivity index (χ2v) is 10.7. The highest BCUT2D eigenvalue weighted by atomic mass is 19.4. The van der Waals surface area contributed by atoms with Gasteiger partial charge in [0.25, 0.3) is 0 Å². The van der Waals surface area contributed by atoms with Crippen molar-refractivity contribution in [3.8, 4) is 5.75 Å². The van der Waals surface area contributed by atoms with E-state index in [1.54, 1.807) is 12.1 Å². The number of rotatable bonds is 11. The summed E-state index contributed by atoms with van der Waals surface area (Å²) in [4.78, 5) is 0. The van der Waals surface area contributed by atoms with Gasteiger partial charge in [-0.25, -0.2) is 0 Å². The molecule has 0 heterocycles. The molecule has 0 bridgehead atoms. The Morgan fingerprint density at radius 3 is 1.97 bits per heavy atom. The quantitative estimate of drug-likeness (QED) is 0.217. The third-order valence-electron chi connectivity index (χ3n) is 8.12. The van der Waals surface area contributed by atoms with Crippen LogP contribution in [0, 0.1) is 23.7 Å². The van der Waals surface area contributed by atoms with E-state index >= 15 is 0 Å². The van der Waals surface area contributed by atoms with Crippen LogP contribution >= 0.6 is 0 Å². The van der Waals surface area contributed by atoms with Gasteiger partial charge in [0.2, 0.25) is 0 Å². The molecule has 2 fully saturated rings. The molecule has 1 nitrogen and oxygen atoms in total. The third kappa shape index (κ3) is 8.78. The summed E-state index contributed by atoms with van der Waals surface area (Å²) in [7, 11) is 0. The molecule has 0 unspecified atom stereocenters. The van der Waals surface area contributed by atoms with E-state index in [9.17, 15) is 22.0 Å². The standard InChI is InChI=1S/C29H41F5O/c1-2-3-4-5-6-22-9-15-25(16-10-22)26-17-11-23(12-18-26)7-8-24-13-19-27(20-14-24)35-21-28(30,31)29(32,33)34/h7-8,13-14,19-20,22-23,25-26H,2-6,9-12,15-18,21H2,1H3/t22-,23-,25-,26-. The van der Waals surface area contributed by atoms with E-state index in [1.165, 1.54) is 95.6 Å². The predicted octanol–water partition coefficient (Wildman–Crippen LogP) is 9.86. The van der Waals surface area contributed by atoms with Crippen LogP contribution in [0.3, 0.4) is 0 Å². The molecule has 1 aromatic carbocycles. The van der Waals surface area contributed by atoms with Crippen LogP contribution in [0.25, 0.3) is 6.08 Å². The molecule has 3 rings (SSSR count). The summed E-state index contributed by atoms with van der Waals surface area (Å²) in [6, 6.07) is 6.24. The number of hydrogen-bond acceptors (Lipinski definition) is 1. The smallest absolute Gasteiger partial charge is 0.456 e. The van der Waals surface area contributed by atoms with Crippen molar-refractivity contribution >= 4 is 6.08 Å². The molecule has 35 heavy (non-hydrogen) atoms. The number of benzene rings is 1. The molecule has 0 spiro atoms. The van der Waals surface area contributed by atoms with Crippen LogP contribution < -0.4 is 4.74 Å². The Morgan fingerprint density at radius 1 is 0.800 bits per heavy atom. The van der Waals surface area contributed by atoms with Crippen LogP contribution in [-0.4, -0.2) is 18.7 Å². The van der Waals surface area contributed by atoms with Crippen molar-refractivity contribution in [1.29, 1.82) is 0 Å². The molecule has 2 aliphatic rings. The van der Waals surface area contributed by atoms with E-state index < -0.39 is 18.7 Å². The van der Waals surface area contributed by atoms with Crippen molar-refractivity contribution in [2.75, 3.05) is 6.61 Å². The predicted molar refractivity (Wildman–Crippen MR) is 132 cm³/mol. The van der Waals surface area contributed by atoms with Gasteiger partial charge in [0.1, 0.15) is 5.75 Å². The summed E-state index contributed by atoms with van der Waals surface area (Å²) in [6.45, 7) is 0.556. The summed E-state index contributed by atoms with van der Waals surface area (Å²) in [5.74, 6) is -1.58. The van der Waals surface area contributed by atoms with Gasteiger partial charge in [-0.15, -0.1) is 0 Å². The minimum absolute atomic E-state index is 0.00210. The molecular weight excluding hydrogens is 459 g/mol. The maximum atomic E-state index is 13.0. The first kappa shape index (κ1) is 28.0. The summed E-state index contributed by atoms with van der Waals surface area (Å²) in [6.07, 6.45) is 16.2. The highest BCUT2D eigenvalue weighted by Crippen LogP contribution is 2.42. The molecule has 6 heteroatoms. The molecule has 0 radical (unpaired) electrons. The monoisotopic (exact) mass is 500 g/mol. The normalized spacial score (nSPS) is 26.2. The second kappa shape index (κ2) is 13.1. The van der Waals surface area contributed by atoms with Crippen molar-refractivity contribution < 1.29 is 26.7 Å². The first-order valence-electron chi connectivity index (χ1n) is 13.5. The van der Waals surface area contributed by atoms with Crippen LogP contribution in [0.15, 0.2) is 30.3 Å². The maximum Gasteiger partial charge on any atom is 0.456 e. The van der Waals surface area contributed by atoms with Crippen LogP contribution in [-0.2, 0) is 0 Å². The lowest BCUT2D eigenvalue weighted by Gasteiger charge is -2.37. The molecule has 0 aromatic heterocycles. The van der Waals surface area contributed by atoms with E-state index in [0.29, 0.717) is 5.92 Å². The Bertz CT molecular complexity index is 754. The number of halogens is 5. The molecule has 0 N–H and O–H groups in total. The molecule has 1 aromatic rings. The van der Waals surface area contributed by atoms with Gasteiger partial charge in [-0.05, 0) is 79.9 Å².